The number of imide groups is 1. The number of nitrogens with one attached hydrogen (secondary N) is 5. The van der Waals surface area contributed by atoms with Crippen LogP contribution in [0.5, 0.6) is 0 Å². The minimum absolute atomic E-state index is 0.0217. The molecule has 7 amide bonds. The van der Waals surface area contributed by atoms with Gasteiger partial charge >= 0.3 is 5.97 Å². The van der Waals surface area contributed by atoms with Crippen molar-refractivity contribution in [3.63, 3.8) is 0 Å². The first-order chi connectivity index (χ1) is 37.6. The van der Waals surface area contributed by atoms with E-state index in [1.165, 1.54) is 10.6 Å². The van der Waals surface area contributed by atoms with Crippen LogP contribution in [0.3, 0.4) is 0 Å². The van der Waals surface area contributed by atoms with E-state index in [1.807, 2.05) is 27.7 Å². The molecule has 0 radical (unpaired) electrons. The van der Waals surface area contributed by atoms with E-state index >= 15 is 4.39 Å². The molecule has 0 spiro atoms. The van der Waals surface area contributed by atoms with Crippen molar-refractivity contribution in [3.05, 3.63) is 127 Å². The maximum Gasteiger partial charge on any atom is 0.340 e. The molecule has 3 aromatic carbocycles. The van der Waals surface area contributed by atoms with Gasteiger partial charge in [-0.2, -0.15) is 12.6 Å². The first kappa shape index (κ1) is 57.9. The standard InChI is InChI=1S/C52H51FN8O12S.2C2H6/c1-26-31-13-10-29(45-33-22-60-38(47(33)59-36(46(31)45)17-35(26)53)16-32-34(50(60)69)24-73-52(71)48(32)67)23-72-25-57-42(64)20-56-49(68)37(15-28-5-3-2-4-6-28)58-43(65)21-55-41(63)19-54-40(62)14-9-27-7-11-30(12-8-27)61-44(66)18-39(74)51(61)70;2*1-2/h2-8,11-12,16-17,29,37,39,48,67,74H,9-10,13-15,18-25H2,1H3,(H,54,62)(H,55,63)(H,56,68)(H,57,64)(H,58,65);2*1-2H3. The maximum absolute atomic E-state index is 15.3. The highest BCUT2D eigenvalue weighted by atomic mass is 32.1. The molecular weight excluding hydrogens is 1030 g/mol. The molecule has 412 valence electrons. The summed E-state index contributed by atoms with van der Waals surface area (Å²) >= 11 is 4.14. The smallest absolute Gasteiger partial charge is 0.340 e. The fourth-order valence-electron chi connectivity index (χ4n) is 9.82. The number of benzene rings is 3. The number of anilines is 1. The third kappa shape index (κ3) is 12.8. The summed E-state index contributed by atoms with van der Waals surface area (Å²) in [5, 5.41) is 23.4. The molecule has 1 aliphatic carbocycles. The molecule has 4 atom stereocenters. The van der Waals surface area contributed by atoms with Gasteiger partial charge in [0.25, 0.3) is 5.56 Å². The Labute approximate surface area is 454 Å². The second-order valence-corrected chi connectivity index (χ2v) is 19.1. The number of carbonyl (C=O) groups excluding carboxylic acids is 8. The van der Waals surface area contributed by atoms with E-state index < -0.39 is 89.8 Å². The van der Waals surface area contributed by atoms with Crippen LogP contribution >= 0.6 is 12.6 Å². The highest BCUT2D eigenvalue weighted by Gasteiger charge is 2.39. The van der Waals surface area contributed by atoms with E-state index in [2.05, 4.69) is 39.2 Å². The summed E-state index contributed by atoms with van der Waals surface area (Å²) in [6.07, 6.45) is -0.142. The van der Waals surface area contributed by atoms with Crippen molar-refractivity contribution < 1.29 is 57.3 Å². The average Bonchev–Trinajstić information content (AvgIpc) is 4.16. The van der Waals surface area contributed by atoms with Gasteiger partial charge in [0.1, 0.15) is 25.2 Å². The second-order valence-electron chi connectivity index (χ2n) is 18.5. The normalized spacial score (nSPS) is 16.9. The lowest BCUT2D eigenvalue weighted by Gasteiger charge is -2.29. The zero-order chi connectivity index (χ0) is 56.4. The molecule has 1 saturated heterocycles. The Balaban J connectivity index is 0.00000216. The number of esters is 1. The van der Waals surface area contributed by atoms with Crippen molar-refractivity contribution in [2.45, 2.75) is 110 Å². The molecule has 5 aromatic rings. The van der Waals surface area contributed by atoms with E-state index in [9.17, 15) is 48.3 Å². The Morgan fingerprint density at radius 3 is 2.23 bits per heavy atom. The van der Waals surface area contributed by atoms with Crippen LogP contribution in [0.1, 0.15) is 103 Å². The number of aromatic nitrogens is 2. The number of hydrogen-bond donors (Lipinski definition) is 7. The fraction of sp³-hybridized carbons (Fsp3) is 0.393. The number of thiol groups is 1. The molecule has 4 unspecified atom stereocenters. The van der Waals surface area contributed by atoms with E-state index in [0.717, 1.165) is 32.5 Å². The maximum atomic E-state index is 15.3. The van der Waals surface area contributed by atoms with Gasteiger partial charge in [0.2, 0.25) is 41.4 Å². The van der Waals surface area contributed by atoms with Gasteiger partial charge in [-0.05, 0) is 72.2 Å². The van der Waals surface area contributed by atoms with Gasteiger partial charge in [-0.25, -0.2) is 19.1 Å². The zero-order valence-electron chi connectivity index (χ0n) is 44.0. The average molecular weight is 1090 g/mol. The van der Waals surface area contributed by atoms with Gasteiger partial charge < -0.3 is 45.7 Å². The predicted molar refractivity (Wildman–Crippen MR) is 288 cm³/mol. The lowest BCUT2D eigenvalue weighted by Crippen LogP contribution is -2.52. The summed E-state index contributed by atoms with van der Waals surface area (Å²) in [4.78, 5) is 121. The molecule has 78 heavy (non-hydrogen) atoms. The number of cyclic esters (lactones) is 1. The van der Waals surface area contributed by atoms with E-state index in [0.29, 0.717) is 53.0 Å². The minimum atomic E-state index is -1.64. The Morgan fingerprint density at radius 1 is 0.846 bits per heavy atom. The molecule has 4 aliphatic rings. The first-order valence-electron chi connectivity index (χ1n) is 25.9. The quantitative estimate of drug-likeness (QED) is 0.0214. The Bertz CT molecular complexity index is 3210. The van der Waals surface area contributed by atoms with Crippen LogP contribution in [0.2, 0.25) is 0 Å². The first-order valence-corrected chi connectivity index (χ1v) is 26.5. The number of amides is 7. The fourth-order valence-corrected chi connectivity index (χ4v) is 10.1. The summed E-state index contributed by atoms with van der Waals surface area (Å²) in [7, 11) is 0. The minimum Gasteiger partial charge on any atom is -0.458 e. The molecule has 22 heteroatoms. The van der Waals surface area contributed by atoms with Gasteiger partial charge in [-0.1, -0.05) is 70.2 Å². The lowest BCUT2D eigenvalue weighted by molar-refractivity contribution is -0.157. The number of fused-ring (bicyclic) bond motifs is 5. The zero-order valence-corrected chi connectivity index (χ0v) is 44.9. The molecule has 0 bridgehead atoms. The topological polar surface area (TPSA) is 274 Å². The molecule has 1 fully saturated rings. The van der Waals surface area contributed by atoms with Gasteiger partial charge in [-0.3, -0.25) is 38.4 Å². The Morgan fingerprint density at radius 2 is 1.53 bits per heavy atom. The molecule has 5 heterocycles. The van der Waals surface area contributed by atoms with Crippen molar-refractivity contribution in [3.8, 4) is 11.4 Å². The number of rotatable bonds is 18. The molecule has 20 nitrogen and oxygen atoms in total. The van der Waals surface area contributed by atoms with Gasteiger partial charge in [0, 0.05) is 47.8 Å². The highest BCUT2D eigenvalue weighted by molar-refractivity contribution is 7.82. The van der Waals surface area contributed by atoms with Crippen molar-refractivity contribution >= 4 is 76.5 Å². The third-order valence-electron chi connectivity index (χ3n) is 13.7. The van der Waals surface area contributed by atoms with E-state index in [1.54, 1.807) is 67.6 Å². The molecule has 0 saturated carbocycles. The molecule has 3 aliphatic heterocycles. The number of carbonyl (C=O) groups is 8. The lowest BCUT2D eigenvalue weighted by atomic mass is 9.78. The van der Waals surface area contributed by atoms with Crippen molar-refractivity contribution in [2.24, 2.45) is 0 Å². The van der Waals surface area contributed by atoms with Crippen molar-refractivity contribution in [1.82, 2.24) is 36.1 Å². The number of hydrogen-bond acceptors (Lipinski definition) is 14. The van der Waals surface area contributed by atoms with Crippen LogP contribution in [0.15, 0.2) is 71.5 Å². The highest BCUT2D eigenvalue weighted by Crippen LogP contribution is 2.46. The second kappa shape index (κ2) is 26.0. The SMILES string of the molecule is CC.CC.Cc1c(F)cc2nc3c(c4c2c1CCC4COCNC(=O)CNC(=O)C(Cc1ccccc1)NC(=O)CNC(=O)CNC(=O)CCc1ccc(N2C(=O)CC(S)C2=O)cc1)Cn1c-3cc2c(c1=O)COC(=O)C2O. The molecule has 6 N–H and O–H groups in total. The van der Waals surface area contributed by atoms with Crippen molar-refractivity contribution in [1.29, 1.82) is 0 Å². The summed E-state index contributed by atoms with van der Waals surface area (Å²) in [6.45, 7) is 8.05. The van der Waals surface area contributed by atoms with Crippen LogP contribution in [0.4, 0.5) is 10.1 Å². The van der Waals surface area contributed by atoms with E-state index in [4.69, 9.17) is 14.5 Å². The Kier molecular flexibility index (Phi) is 19.3. The van der Waals surface area contributed by atoms with Crippen LogP contribution < -0.4 is 37.0 Å². The number of aryl methyl sites for hydroxylation is 2. The monoisotopic (exact) mass is 1090 g/mol. The summed E-state index contributed by atoms with van der Waals surface area (Å²) < 4.78 is 27.8. The molecule has 9 rings (SSSR count). The molecule has 2 aromatic heterocycles. The van der Waals surface area contributed by atoms with Crippen LogP contribution in [-0.4, -0.2) is 106 Å². The number of ether oxygens (including phenoxy) is 2. The van der Waals surface area contributed by atoms with E-state index in [-0.39, 0.29) is 68.7 Å². The number of aliphatic hydroxyl groups is 1. The largest absolute Gasteiger partial charge is 0.458 e. The number of halogens is 1. The number of pyridine rings is 2. The number of nitrogens with zero attached hydrogens (tertiary/aromatic N) is 3. The van der Waals surface area contributed by atoms with Gasteiger partial charge in [0.15, 0.2) is 6.10 Å². The summed E-state index contributed by atoms with van der Waals surface area (Å²) in [5.74, 6) is -5.34. The van der Waals surface area contributed by atoms with Crippen LogP contribution in [0.25, 0.3) is 22.3 Å². The van der Waals surface area contributed by atoms with Crippen molar-refractivity contribution in [2.75, 3.05) is 37.9 Å². The van der Waals surface area contributed by atoms with Crippen LogP contribution in [-0.2, 0) is 80.2 Å². The summed E-state index contributed by atoms with van der Waals surface area (Å²) in [6, 6.07) is 17.2. The Hall–Kier alpha value is -7.82. The third-order valence-corrected chi connectivity index (χ3v) is 14.1. The van der Waals surface area contributed by atoms with Gasteiger partial charge in [0.05, 0.1) is 66.2 Å². The summed E-state index contributed by atoms with van der Waals surface area (Å²) in [5.41, 5.74) is 5.82. The number of aliphatic hydroxyl groups excluding tert-OH is 1. The van der Waals surface area contributed by atoms with Gasteiger partial charge in [-0.15, -0.1) is 0 Å². The predicted octanol–water partition coefficient (Wildman–Crippen LogP) is 3.41. The van der Waals surface area contributed by atoms with Crippen LogP contribution in [0, 0.1) is 12.7 Å². The molecular formula is C56H63FN8O12S.